The maximum atomic E-state index is 13.4. The van der Waals surface area contributed by atoms with Crippen molar-refractivity contribution in [2.75, 3.05) is 0 Å². The summed E-state index contributed by atoms with van der Waals surface area (Å²) in [5.74, 6) is -7.63. The molecule has 0 unspecified atom stereocenters. The first kappa shape index (κ1) is 18.3. The van der Waals surface area contributed by atoms with Crippen molar-refractivity contribution in [3.05, 3.63) is 42.5 Å². The molecular formula is C13H7F7O3S. The minimum Gasteiger partial charge on any atom is -0.377 e. The fourth-order valence-corrected chi connectivity index (χ4v) is 2.68. The van der Waals surface area contributed by atoms with Crippen molar-refractivity contribution in [3.63, 3.8) is 0 Å². The van der Waals surface area contributed by atoms with Gasteiger partial charge in [-0.25, -0.2) is 0 Å². The molecule has 0 atom stereocenters. The molecule has 2 aromatic rings. The second-order valence-electron chi connectivity index (χ2n) is 4.60. The molecule has 0 aliphatic rings. The van der Waals surface area contributed by atoms with Gasteiger partial charge in [0.25, 0.3) is 0 Å². The van der Waals surface area contributed by atoms with E-state index in [1.54, 1.807) is 0 Å². The number of hydrogen-bond donors (Lipinski definition) is 0. The third-order valence-electron chi connectivity index (χ3n) is 2.98. The van der Waals surface area contributed by atoms with Crippen molar-refractivity contribution in [2.45, 2.75) is 17.4 Å². The Balaban J connectivity index is 2.51. The van der Waals surface area contributed by atoms with Gasteiger partial charge >= 0.3 is 27.5 Å². The van der Waals surface area contributed by atoms with E-state index in [-0.39, 0.29) is 5.39 Å². The van der Waals surface area contributed by atoms with Gasteiger partial charge in [-0.3, -0.25) is 0 Å². The van der Waals surface area contributed by atoms with Crippen LogP contribution in [0, 0.1) is 0 Å². The molecule has 0 heterocycles. The van der Waals surface area contributed by atoms with Crippen LogP contribution in [0.4, 0.5) is 30.7 Å². The fraction of sp³-hybridized carbons (Fsp3) is 0.231. The summed E-state index contributed by atoms with van der Waals surface area (Å²) in [6.45, 7) is 0. The number of halogens is 7. The second kappa shape index (κ2) is 5.50. The average molecular weight is 376 g/mol. The summed E-state index contributed by atoms with van der Waals surface area (Å²) in [6, 6.07) is 8.96. The van der Waals surface area contributed by atoms with Gasteiger partial charge in [-0.1, -0.05) is 36.4 Å². The van der Waals surface area contributed by atoms with Crippen LogP contribution in [0.5, 0.6) is 5.75 Å². The molecule has 11 heteroatoms. The first-order chi connectivity index (χ1) is 10.8. The lowest BCUT2D eigenvalue weighted by molar-refractivity contribution is -0.333. The fourth-order valence-electron chi connectivity index (χ4n) is 1.76. The van der Waals surface area contributed by atoms with E-state index in [9.17, 15) is 39.2 Å². The van der Waals surface area contributed by atoms with E-state index in [4.69, 9.17) is 0 Å². The second-order valence-corrected chi connectivity index (χ2v) is 6.19. The van der Waals surface area contributed by atoms with Crippen LogP contribution in [0.25, 0.3) is 10.8 Å². The molecule has 0 saturated heterocycles. The SMILES string of the molecule is O=S(=O)(Oc1cccc2ccccc12)C(F)(F)C(F)(F)C(F)(F)F. The van der Waals surface area contributed by atoms with E-state index in [0.717, 1.165) is 12.1 Å². The maximum Gasteiger partial charge on any atom is 0.461 e. The molecule has 0 radical (unpaired) electrons. The summed E-state index contributed by atoms with van der Waals surface area (Å²) in [5.41, 5.74) is 0. The zero-order valence-corrected chi connectivity index (χ0v) is 12.1. The lowest BCUT2D eigenvalue weighted by atomic mass is 10.1. The van der Waals surface area contributed by atoms with Crippen LogP contribution in [0.15, 0.2) is 42.5 Å². The van der Waals surface area contributed by atoms with E-state index in [1.807, 2.05) is 0 Å². The molecule has 132 valence electrons. The largest absolute Gasteiger partial charge is 0.461 e. The monoisotopic (exact) mass is 376 g/mol. The molecule has 0 aromatic heterocycles. The molecule has 0 saturated carbocycles. The zero-order chi connectivity index (χ0) is 18.4. The predicted molar refractivity (Wildman–Crippen MR) is 69.4 cm³/mol. The zero-order valence-electron chi connectivity index (χ0n) is 11.3. The summed E-state index contributed by atoms with van der Waals surface area (Å²) in [5, 5.41) is -6.28. The topological polar surface area (TPSA) is 43.4 Å². The number of fused-ring (bicyclic) bond motifs is 1. The normalized spacial score (nSPS) is 14.0. The Morgan fingerprint density at radius 2 is 1.33 bits per heavy atom. The van der Waals surface area contributed by atoms with Gasteiger partial charge in [0, 0.05) is 5.39 Å². The van der Waals surface area contributed by atoms with E-state index < -0.39 is 33.2 Å². The highest BCUT2D eigenvalue weighted by molar-refractivity contribution is 7.88. The Morgan fingerprint density at radius 1 is 0.792 bits per heavy atom. The predicted octanol–water partition coefficient (Wildman–Crippen LogP) is 4.34. The summed E-state index contributed by atoms with van der Waals surface area (Å²) < 4.78 is 116. The van der Waals surface area contributed by atoms with Crippen LogP contribution >= 0.6 is 0 Å². The van der Waals surface area contributed by atoms with Crippen molar-refractivity contribution in [1.82, 2.24) is 0 Å². The van der Waals surface area contributed by atoms with Gasteiger partial charge in [0.15, 0.2) is 5.75 Å². The molecule has 0 bridgehead atoms. The number of alkyl halides is 7. The van der Waals surface area contributed by atoms with Crippen molar-refractivity contribution in [1.29, 1.82) is 0 Å². The molecule has 2 aromatic carbocycles. The lowest BCUT2D eigenvalue weighted by Gasteiger charge is -2.27. The van der Waals surface area contributed by atoms with Gasteiger partial charge in [-0.2, -0.15) is 39.2 Å². The van der Waals surface area contributed by atoms with Crippen LogP contribution in [-0.4, -0.2) is 25.8 Å². The molecule has 0 aliphatic carbocycles. The van der Waals surface area contributed by atoms with E-state index in [0.29, 0.717) is 5.39 Å². The molecule has 0 N–H and O–H groups in total. The smallest absolute Gasteiger partial charge is 0.377 e. The summed E-state index contributed by atoms with van der Waals surface area (Å²) in [4.78, 5) is 0. The van der Waals surface area contributed by atoms with Gasteiger partial charge in [0.1, 0.15) is 0 Å². The first-order valence-electron chi connectivity index (χ1n) is 6.05. The molecule has 0 aliphatic heterocycles. The Bertz CT molecular complexity index is 854. The standard InChI is InChI=1S/C13H7F7O3S/c14-11(15,12(16,17)18)13(19,20)24(21,22)23-10-7-3-5-8-4-1-2-6-9(8)10/h1-7H. The van der Waals surface area contributed by atoms with Gasteiger partial charge in [0.2, 0.25) is 0 Å². The average Bonchev–Trinajstić information content (AvgIpc) is 2.45. The summed E-state index contributed by atoms with van der Waals surface area (Å²) in [6.07, 6.45) is -6.79. The van der Waals surface area contributed by atoms with Crippen molar-refractivity contribution >= 4 is 20.9 Å². The highest BCUT2D eigenvalue weighted by Crippen LogP contribution is 2.49. The van der Waals surface area contributed by atoms with Crippen LogP contribution in [0.1, 0.15) is 0 Å². The van der Waals surface area contributed by atoms with Crippen molar-refractivity contribution in [3.8, 4) is 5.75 Å². The lowest BCUT2D eigenvalue weighted by Crippen LogP contribution is -2.57. The minimum absolute atomic E-state index is 0.0605. The highest BCUT2D eigenvalue weighted by atomic mass is 32.2. The molecule has 3 nitrogen and oxygen atoms in total. The Kier molecular flexibility index (Phi) is 4.20. The molecule has 24 heavy (non-hydrogen) atoms. The molecule has 0 fully saturated rings. The number of benzene rings is 2. The van der Waals surface area contributed by atoms with Crippen LogP contribution in [0.3, 0.4) is 0 Å². The Morgan fingerprint density at radius 3 is 1.92 bits per heavy atom. The van der Waals surface area contributed by atoms with Gasteiger partial charge in [-0.05, 0) is 11.5 Å². The van der Waals surface area contributed by atoms with E-state index in [1.165, 1.54) is 30.3 Å². The van der Waals surface area contributed by atoms with E-state index >= 15 is 0 Å². The van der Waals surface area contributed by atoms with E-state index in [2.05, 4.69) is 4.18 Å². The highest BCUT2D eigenvalue weighted by Gasteiger charge is 2.80. The van der Waals surface area contributed by atoms with Gasteiger partial charge in [0.05, 0.1) is 0 Å². The van der Waals surface area contributed by atoms with Crippen molar-refractivity contribution in [2.24, 2.45) is 0 Å². The number of rotatable bonds is 4. The molecule has 0 spiro atoms. The summed E-state index contributed by atoms with van der Waals surface area (Å²) >= 11 is 0. The Hall–Kier alpha value is -2.04. The summed E-state index contributed by atoms with van der Waals surface area (Å²) in [7, 11) is -6.65. The number of hydrogen-bond acceptors (Lipinski definition) is 3. The maximum absolute atomic E-state index is 13.4. The third-order valence-corrected chi connectivity index (χ3v) is 4.27. The van der Waals surface area contributed by atoms with Crippen LogP contribution < -0.4 is 4.18 Å². The molecular weight excluding hydrogens is 369 g/mol. The quantitative estimate of drug-likeness (QED) is 0.589. The molecule has 0 amide bonds. The third kappa shape index (κ3) is 2.76. The van der Waals surface area contributed by atoms with Crippen LogP contribution in [-0.2, 0) is 10.1 Å². The van der Waals surface area contributed by atoms with Gasteiger partial charge < -0.3 is 4.18 Å². The van der Waals surface area contributed by atoms with Gasteiger partial charge in [-0.15, -0.1) is 0 Å². The van der Waals surface area contributed by atoms with Crippen molar-refractivity contribution < 1.29 is 43.3 Å². The Labute approximate surface area is 130 Å². The minimum atomic E-state index is -6.83. The van der Waals surface area contributed by atoms with Crippen LogP contribution in [0.2, 0.25) is 0 Å². The molecule has 2 rings (SSSR count). The first-order valence-corrected chi connectivity index (χ1v) is 7.46.